The number of nitrogens with zero attached hydrogens (tertiary/aromatic N) is 2. The summed E-state index contributed by atoms with van der Waals surface area (Å²) < 4.78 is 0. The van der Waals surface area contributed by atoms with Gasteiger partial charge in [0.1, 0.15) is 5.82 Å². The number of carbonyl (C=O) groups excluding carboxylic acids is 1. The Balaban J connectivity index is 1.75. The van der Waals surface area contributed by atoms with E-state index in [0.717, 1.165) is 5.56 Å². The van der Waals surface area contributed by atoms with Crippen molar-refractivity contribution in [1.29, 1.82) is 0 Å². The van der Waals surface area contributed by atoms with Crippen molar-refractivity contribution in [1.82, 2.24) is 14.9 Å². The first-order valence-corrected chi connectivity index (χ1v) is 9.28. The molecule has 0 spiro atoms. The summed E-state index contributed by atoms with van der Waals surface area (Å²) in [6.45, 7) is 3.74. The third-order valence-corrected chi connectivity index (χ3v) is 4.59. The zero-order chi connectivity index (χ0) is 20.3. The van der Waals surface area contributed by atoms with Crippen LogP contribution in [0.5, 0.6) is 0 Å². The van der Waals surface area contributed by atoms with E-state index in [0.29, 0.717) is 35.1 Å². The zero-order valence-corrected chi connectivity index (χ0v) is 16.4. The standard InChI is InChI=1S/C22H25N3O3/c1-22(2,28)12-11-15-7-6-8-16(13-15)21(27)25(3)14-19-23-18-10-5-4-9-17(18)20(26)24-19/h4-10,13,28H,11-12,14H2,1-3H3,(H,23,24,26). The van der Waals surface area contributed by atoms with Crippen molar-refractivity contribution in [3.05, 3.63) is 75.8 Å². The molecule has 0 saturated heterocycles. The number of carbonyl (C=O) groups is 1. The van der Waals surface area contributed by atoms with Crippen molar-refractivity contribution >= 4 is 16.8 Å². The summed E-state index contributed by atoms with van der Waals surface area (Å²) in [5, 5.41) is 10.4. The highest BCUT2D eigenvalue weighted by atomic mass is 16.3. The van der Waals surface area contributed by atoms with E-state index in [2.05, 4.69) is 9.97 Å². The van der Waals surface area contributed by atoms with Gasteiger partial charge in [0, 0.05) is 12.6 Å². The molecule has 0 atom stereocenters. The van der Waals surface area contributed by atoms with Gasteiger partial charge < -0.3 is 15.0 Å². The van der Waals surface area contributed by atoms with Crippen molar-refractivity contribution in [2.75, 3.05) is 7.05 Å². The highest BCUT2D eigenvalue weighted by Crippen LogP contribution is 2.16. The largest absolute Gasteiger partial charge is 0.390 e. The van der Waals surface area contributed by atoms with E-state index in [1.54, 1.807) is 45.2 Å². The first-order valence-electron chi connectivity index (χ1n) is 9.28. The molecule has 1 heterocycles. The van der Waals surface area contributed by atoms with Gasteiger partial charge in [-0.25, -0.2) is 4.98 Å². The van der Waals surface area contributed by atoms with Gasteiger partial charge >= 0.3 is 0 Å². The second-order valence-corrected chi connectivity index (χ2v) is 7.70. The van der Waals surface area contributed by atoms with E-state index in [4.69, 9.17) is 0 Å². The van der Waals surface area contributed by atoms with Gasteiger partial charge in [0.15, 0.2) is 0 Å². The Bertz CT molecular complexity index is 1050. The van der Waals surface area contributed by atoms with Crippen LogP contribution in [0.15, 0.2) is 53.3 Å². The number of aromatic nitrogens is 2. The van der Waals surface area contributed by atoms with Crippen LogP contribution in [0.4, 0.5) is 0 Å². The molecule has 3 rings (SSSR count). The molecule has 0 unspecified atom stereocenters. The Morgan fingerprint density at radius 2 is 1.93 bits per heavy atom. The summed E-state index contributed by atoms with van der Waals surface area (Å²) in [6.07, 6.45) is 1.30. The molecule has 1 amide bonds. The molecule has 0 radical (unpaired) electrons. The molecule has 0 bridgehead atoms. The molecule has 1 aromatic heterocycles. The van der Waals surface area contributed by atoms with Crippen molar-refractivity contribution in [2.24, 2.45) is 0 Å². The topological polar surface area (TPSA) is 86.3 Å². The number of rotatable bonds is 6. The van der Waals surface area contributed by atoms with E-state index in [-0.39, 0.29) is 18.0 Å². The van der Waals surface area contributed by atoms with E-state index in [1.807, 2.05) is 24.3 Å². The van der Waals surface area contributed by atoms with Gasteiger partial charge in [0.25, 0.3) is 11.5 Å². The average Bonchev–Trinajstić information content (AvgIpc) is 2.65. The SMILES string of the molecule is CN(Cc1nc2ccccc2c(=O)[nH]1)C(=O)c1cccc(CCC(C)(C)O)c1. The lowest BCUT2D eigenvalue weighted by molar-refractivity contribution is 0.0714. The molecule has 146 valence electrons. The lowest BCUT2D eigenvalue weighted by Crippen LogP contribution is -2.28. The molecule has 3 aromatic rings. The number of aryl methyl sites for hydroxylation is 1. The Labute approximate surface area is 163 Å². The maximum absolute atomic E-state index is 12.8. The highest BCUT2D eigenvalue weighted by molar-refractivity contribution is 5.94. The number of aromatic amines is 1. The van der Waals surface area contributed by atoms with Gasteiger partial charge in [-0.3, -0.25) is 9.59 Å². The lowest BCUT2D eigenvalue weighted by Gasteiger charge is -2.18. The lowest BCUT2D eigenvalue weighted by atomic mass is 9.98. The van der Waals surface area contributed by atoms with Crippen molar-refractivity contribution in [3.8, 4) is 0 Å². The van der Waals surface area contributed by atoms with Gasteiger partial charge in [-0.15, -0.1) is 0 Å². The monoisotopic (exact) mass is 379 g/mol. The molecular formula is C22H25N3O3. The summed E-state index contributed by atoms with van der Waals surface area (Å²) in [4.78, 5) is 33.7. The second-order valence-electron chi connectivity index (χ2n) is 7.70. The first kappa shape index (κ1) is 19.8. The number of fused-ring (bicyclic) bond motifs is 1. The van der Waals surface area contributed by atoms with Crippen molar-refractivity contribution in [2.45, 2.75) is 38.8 Å². The molecule has 0 aliphatic heterocycles. The minimum absolute atomic E-state index is 0.152. The predicted octanol–water partition coefficient (Wildman–Crippen LogP) is 2.90. The van der Waals surface area contributed by atoms with Crippen molar-refractivity contribution < 1.29 is 9.90 Å². The van der Waals surface area contributed by atoms with Crippen LogP contribution >= 0.6 is 0 Å². The number of amides is 1. The van der Waals surface area contributed by atoms with Crippen LogP contribution in [0.1, 0.15) is 42.0 Å². The maximum Gasteiger partial charge on any atom is 0.258 e. The van der Waals surface area contributed by atoms with Gasteiger partial charge in [-0.2, -0.15) is 0 Å². The number of aliphatic hydroxyl groups is 1. The number of H-pyrrole nitrogens is 1. The van der Waals surface area contributed by atoms with Gasteiger partial charge in [0.2, 0.25) is 0 Å². The number of nitrogens with one attached hydrogen (secondary N) is 1. The van der Waals surface area contributed by atoms with Crippen molar-refractivity contribution in [3.63, 3.8) is 0 Å². The van der Waals surface area contributed by atoms with Gasteiger partial charge in [0.05, 0.1) is 23.0 Å². The first-order chi connectivity index (χ1) is 13.2. The molecule has 28 heavy (non-hydrogen) atoms. The van der Waals surface area contributed by atoms with Crippen LogP contribution in [0.25, 0.3) is 10.9 Å². The van der Waals surface area contributed by atoms with Crippen LogP contribution in [0, 0.1) is 0 Å². The summed E-state index contributed by atoms with van der Waals surface area (Å²) in [7, 11) is 1.68. The van der Waals surface area contributed by atoms with E-state index in [9.17, 15) is 14.7 Å². The third kappa shape index (κ3) is 4.84. The van der Waals surface area contributed by atoms with E-state index < -0.39 is 5.60 Å². The Morgan fingerprint density at radius 1 is 1.18 bits per heavy atom. The van der Waals surface area contributed by atoms with Crippen LogP contribution in [-0.2, 0) is 13.0 Å². The summed E-state index contributed by atoms with van der Waals surface area (Å²) in [5.41, 5.74) is 1.22. The molecule has 6 nitrogen and oxygen atoms in total. The summed E-state index contributed by atoms with van der Waals surface area (Å²) in [6, 6.07) is 14.5. The minimum Gasteiger partial charge on any atom is -0.390 e. The summed E-state index contributed by atoms with van der Waals surface area (Å²) >= 11 is 0. The Hall–Kier alpha value is -2.99. The quantitative estimate of drug-likeness (QED) is 0.689. The number of hydrogen-bond acceptors (Lipinski definition) is 4. The maximum atomic E-state index is 12.8. The molecule has 0 fully saturated rings. The normalized spacial score (nSPS) is 11.6. The van der Waals surface area contributed by atoms with Gasteiger partial charge in [-0.1, -0.05) is 24.3 Å². The zero-order valence-electron chi connectivity index (χ0n) is 16.4. The van der Waals surface area contributed by atoms with Crippen LogP contribution in [-0.4, -0.2) is 38.5 Å². The smallest absolute Gasteiger partial charge is 0.258 e. The number of hydrogen-bond donors (Lipinski definition) is 2. The van der Waals surface area contributed by atoms with Gasteiger partial charge in [-0.05, 0) is 56.5 Å². The molecular weight excluding hydrogens is 354 g/mol. The molecule has 2 aromatic carbocycles. The van der Waals surface area contributed by atoms with E-state index >= 15 is 0 Å². The molecule has 6 heteroatoms. The number of para-hydroxylation sites is 1. The Kier molecular flexibility index (Phi) is 5.61. The fourth-order valence-electron chi connectivity index (χ4n) is 3.04. The van der Waals surface area contributed by atoms with Crippen LogP contribution < -0.4 is 5.56 Å². The van der Waals surface area contributed by atoms with E-state index in [1.165, 1.54) is 4.90 Å². The average molecular weight is 379 g/mol. The molecule has 0 saturated carbocycles. The highest BCUT2D eigenvalue weighted by Gasteiger charge is 2.16. The van der Waals surface area contributed by atoms with Crippen LogP contribution in [0.2, 0.25) is 0 Å². The third-order valence-electron chi connectivity index (χ3n) is 4.59. The molecule has 0 aliphatic carbocycles. The molecule has 2 N–H and O–H groups in total. The second kappa shape index (κ2) is 7.94. The Morgan fingerprint density at radius 3 is 2.68 bits per heavy atom. The van der Waals surface area contributed by atoms with Crippen LogP contribution in [0.3, 0.4) is 0 Å². The fourth-order valence-corrected chi connectivity index (χ4v) is 3.04. The summed E-state index contributed by atoms with van der Waals surface area (Å²) in [5.74, 6) is 0.290. The number of benzene rings is 2. The predicted molar refractivity (Wildman–Crippen MR) is 109 cm³/mol. The minimum atomic E-state index is -0.746. The molecule has 0 aliphatic rings. The fraction of sp³-hybridized carbons (Fsp3) is 0.318.